The Balaban J connectivity index is 1.79. The molecule has 0 atom stereocenters. The number of anilines is 1. The van der Waals surface area contributed by atoms with Gasteiger partial charge in [0.05, 0.1) is 12.2 Å². The SMILES string of the molecule is CCOCc1ccccc1NC(=O)C1=Cc2cc(Cl)ccc2OC1. The maximum Gasteiger partial charge on any atom is 0.255 e. The molecule has 0 bridgehead atoms. The highest BCUT2D eigenvalue weighted by molar-refractivity contribution is 6.30. The van der Waals surface area contributed by atoms with Crippen LogP contribution in [-0.2, 0) is 16.1 Å². The van der Waals surface area contributed by atoms with E-state index in [2.05, 4.69) is 5.32 Å². The highest BCUT2D eigenvalue weighted by atomic mass is 35.5. The van der Waals surface area contributed by atoms with E-state index in [0.29, 0.717) is 23.8 Å². The minimum Gasteiger partial charge on any atom is -0.488 e. The van der Waals surface area contributed by atoms with Gasteiger partial charge in [0.2, 0.25) is 0 Å². The third-order valence-corrected chi connectivity index (χ3v) is 3.94. The summed E-state index contributed by atoms with van der Waals surface area (Å²) in [5.41, 5.74) is 3.04. The first kappa shape index (κ1) is 16.6. The van der Waals surface area contributed by atoms with Crippen molar-refractivity contribution in [2.24, 2.45) is 0 Å². The van der Waals surface area contributed by atoms with Crippen molar-refractivity contribution in [1.82, 2.24) is 0 Å². The molecule has 124 valence electrons. The van der Waals surface area contributed by atoms with Gasteiger partial charge in [-0.05, 0) is 37.3 Å². The van der Waals surface area contributed by atoms with Crippen molar-refractivity contribution in [3.63, 3.8) is 0 Å². The van der Waals surface area contributed by atoms with Crippen LogP contribution < -0.4 is 10.1 Å². The van der Waals surface area contributed by atoms with E-state index in [9.17, 15) is 4.79 Å². The summed E-state index contributed by atoms with van der Waals surface area (Å²) in [5.74, 6) is 0.539. The molecular weight excluding hydrogens is 326 g/mol. The van der Waals surface area contributed by atoms with E-state index < -0.39 is 0 Å². The van der Waals surface area contributed by atoms with Crippen LogP contribution in [0.25, 0.3) is 6.08 Å². The van der Waals surface area contributed by atoms with E-state index in [0.717, 1.165) is 22.6 Å². The van der Waals surface area contributed by atoms with Gasteiger partial charge in [0.25, 0.3) is 5.91 Å². The van der Waals surface area contributed by atoms with Gasteiger partial charge >= 0.3 is 0 Å². The number of carbonyl (C=O) groups is 1. The molecule has 0 aliphatic carbocycles. The molecule has 0 spiro atoms. The quantitative estimate of drug-likeness (QED) is 0.880. The zero-order valence-corrected chi connectivity index (χ0v) is 14.1. The van der Waals surface area contributed by atoms with E-state index in [1.807, 2.05) is 37.3 Å². The lowest BCUT2D eigenvalue weighted by Crippen LogP contribution is -2.22. The lowest BCUT2D eigenvalue weighted by Gasteiger charge is -2.18. The van der Waals surface area contributed by atoms with E-state index in [4.69, 9.17) is 21.1 Å². The summed E-state index contributed by atoms with van der Waals surface area (Å²) < 4.78 is 11.1. The van der Waals surface area contributed by atoms with Crippen LogP contribution in [0.4, 0.5) is 5.69 Å². The Morgan fingerprint density at radius 2 is 2.12 bits per heavy atom. The molecule has 4 nitrogen and oxygen atoms in total. The molecule has 0 saturated heterocycles. The van der Waals surface area contributed by atoms with E-state index >= 15 is 0 Å². The number of halogens is 1. The van der Waals surface area contributed by atoms with Gasteiger partial charge in [-0.3, -0.25) is 4.79 Å². The Hall–Kier alpha value is -2.30. The molecule has 24 heavy (non-hydrogen) atoms. The minimum atomic E-state index is -0.190. The van der Waals surface area contributed by atoms with Crippen LogP contribution >= 0.6 is 11.6 Å². The highest BCUT2D eigenvalue weighted by Gasteiger charge is 2.18. The third-order valence-electron chi connectivity index (χ3n) is 3.70. The second kappa shape index (κ2) is 7.51. The Labute approximate surface area is 146 Å². The van der Waals surface area contributed by atoms with Crippen molar-refractivity contribution >= 4 is 29.3 Å². The van der Waals surface area contributed by atoms with Crippen molar-refractivity contribution in [2.45, 2.75) is 13.5 Å². The Morgan fingerprint density at radius 3 is 2.96 bits per heavy atom. The Kier molecular flexibility index (Phi) is 5.18. The number of ether oxygens (including phenoxy) is 2. The summed E-state index contributed by atoms with van der Waals surface area (Å²) >= 11 is 6.00. The number of hydrogen-bond acceptors (Lipinski definition) is 3. The van der Waals surface area contributed by atoms with Crippen molar-refractivity contribution in [1.29, 1.82) is 0 Å². The molecule has 1 aliphatic heterocycles. The third kappa shape index (κ3) is 3.78. The van der Waals surface area contributed by atoms with Crippen LogP contribution in [0, 0.1) is 0 Å². The van der Waals surface area contributed by atoms with Crippen molar-refractivity contribution in [2.75, 3.05) is 18.5 Å². The maximum absolute atomic E-state index is 12.6. The molecule has 0 unspecified atom stereocenters. The summed E-state index contributed by atoms with van der Waals surface area (Å²) in [7, 11) is 0. The molecule has 1 amide bonds. The van der Waals surface area contributed by atoms with Crippen LogP contribution in [0.3, 0.4) is 0 Å². The van der Waals surface area contributed by atoms with E-state index in [-0.39, 0.29) is 12.5 Å². The average molecular weight is 344 g/mol. The fourth-order valence-corrected chi connectivity index (χ4v) is 2.64. The van der Waals surface area contributed by atoms with Crippen LogP contribution in [0.5, 0.6) is 5.75 Å². The predicted octanol–water partition coefficient (Wildman–Crippen LogP) is 4.29. The maximum atomic E-state index is 12.6. The van der Waals surface area contributed by atoms with E-state index in [1.54, 1.807) is 18.2 Å². The van der Waals surface area contributed by atoms with Crippen LogP contribution in [0.15, 0.2) is 48.0 Å². The molecule has 2 aromatic rings. The van der Waals surface area contributed by atoms with Crippen LogP contribution in [-0.4, -0.2) is 19.1 Å². The minimum absolute atomic E-state index is 0.190. The number of hydrogen-bond donors (Lipinski definition) is 1. The Morgan fingerprint density at radius 1 is 1.29 bits per heavy atom. The number of amides is 1. The summed E-state index contributed by atoms with van der Waals surface area (Å²) in [6.07, 6.45) is 1.81. The molecule has 5 heteroatoms. The number of fused-ring (bicyclic) bond motifs is 1. The fourth-order valence-electron chi connectivity index (χ4n) is 2.46. The van der Waals surface area contributed by atoms with Gasteiger partial charge in [-0.25, -0.2) is 0 Å². The van der Waals surface area contributed by atoms with Crippen molar-refractivity contribution < 1.29 is 14.3 Å². The van der Waals surface area contributed by atoms with Gasteiger partial charge in [-0.15, -0.1) is 0 Å². The van der Waals surface area contributed by atoms with Crippen molar-refractivity contribution in [3.05, 3.63) is 64.2 Å². The molecule has 0 saturated carbocycles. The van der Waals surface area contributed by atoms with Gasteiger partial charge in [0, 0.05) is 28.4 Å². The lowest BCUT2D eigenvalue weighted by atomic mass is 10.1. The van der Waals surface area contributed by atoms with Gasteiger partial charge in [-0.1, -0.05) is 29.8 Å². The molecule has 1 heterocycles. The number of benzene rings is 2. The van der Waals surface area contributed by atoms with Crippen LogP contribution in [0.2, 0.25) is 5.02 Å². The molecule has 2 aromatic carbocycles. The molecular formula is C19H18ClNO3. The van der Waals surface area contributed by atoms with Crippen LogP contribution in [0.1, 0.15) is 18.1 Å². The lowest BCUT2D eigenvalue weighted by molar-refractivity contribution is -0.113. The zero-order valence-electron chi connectivity index (χ0n) is 13.3. The first-order valence-corrected chi connectivity index (χ1v) is 8.15. The first-order chi connectivity index (χ1) is 11.7. The Bertz CT molecular complexity index is 786. The van der Waals surface area contributed by atoms with Gasteiger partial charge in [-0.2, -0.15) is 0 Å². The smallest absolute Gasteiger partial charge is 0.255 e. The van der Waals surface area contributed by atoms with E-state index in [1.165, 1.54) is 0 Å². The molecule has 3 rings (SSSR count). The molecule has 1 N–H and O–H groups in total. The molecule has 0 radical (unpaired) electrons. The normalized spacial score (nSPS) is 12.8. The molecule has 0 aromatic heterocycles. The second-order valence-electron chi connectivity index (χ2n) is 5.39. The first-order valence-electron chi connectivity index (χ1n) is 7.77. The topological polar surface area (TPSA) is 47.6 Å². The summed E-state index contributed by atoms with van der Waals surface area (Å²) in [4.78, 5) is 12.6. The molecule has 0 fully saturated rings. The van der Waals surface area contributed by atoms with Crippen molar-refractivity contribution in [3.8, 4) is 5.75 Å². The summed E-state index contributed by atoms with van der Waals surface area (Å²) in [6, 6.07) is 13.0. The number of nitrogens with one attached hydrogen (secondary N) is 1. The standard InChI is InChI=1S/C19H18ClNO3/c1-2-23-11-13-5-3-4-6-17(13)21-19(22)15-9-14-10-16(20)7-8-18(14)24-12-15/h3-10H,2,11-12H2,1H3,(H,21,22). The zero-order chi connectivity index (χ0) is 16.9. The summed E-state index contributed by atoms with van der Waals surface area (Å²) in [5, 5.41) is 3.54. The summed E-state index contributed by atoms with van der Waals surface area (Å²) in [6.45, 7) is 3.25. The fraction of sp³-hybridized carbons (Fsp3) is 0.211. The second-order valence-corrected chi connectivity index (χ2v) is 5.83. The number of para-hydroxylation sites is 1. The highest BCUT2D eigenvalue weighted by Crippen LogP contribution is 2.29. The average Bonchev–Trinajstić information content (AvgIpc) is 2.60. The molecule has 1 aliphatic rings. The monoisotopic (exact) mass is 343 g/mol. The largest absolute Gasteiger partial charge is 0.488 e. The van der Waals surface area contributed by atoms with Gasteiger partial charge in [0.1, 0.15) is 12.4 Å². The predicted molar refractivity (Wildman–Crippen MR) is 95.3 cm³/mol. The van der Waals surface area contributed by atoms with Gasteiger partial charge in [0.15, 0.2) is 0 Å². The van der Waals surface area contributed by atoms with Gasteiger partial charge < -0.3 is 14.8 Å². The number of rotatable bonds is 5. The number of carbonyl (C=O) groups excluding carboxylic acids is 1.